The average Bonchev–Trinajstić information content (AvgIpc) is 2.78. The van der Waals surface area contributed by atoms with E-state index in [0.717, 1.165) is 25.7 Å². The van der Waals surface area contributed by atoms with E-state index in [-0.39, 0.29) is 23.8 Å². The monoisotopic (exact) mass is 269 g/mol. The molecule has 1 unspecified atom stereocenters. The molecule has 1 aliphatic rings. The minimum atomic E-state index is -0.411. The first-order valence-electron chi connectivity index (χ1n) is 7.14. The summed E-state index contributed by atoms with van der Waals surface area (Å²) in [5.41, 5.74) is 5.38. The normalized spacial score (nSPS) is 18.1. The maximum Gasteiger partial charge on any atom is 0.223 e. The van der Waals surface area contributed by atoms with E-state index in [1.54, 1.807) is 0 Å². The van der Waals surface area contributed by atoms with Gasteiger partial charge in [0.25, 0.3) is 0 Å². The molecular weight excluding hydrogens is 242 g/mol. The summed E-state index contributed by atoms with van der Waals surface area (Å²) < 4.78 is 0. The van der Waals surface area contributed by atoms with Gasteiger partial charge in [-0.3, -0.25) is 9.59 Å². The van der Waals surface area contributed by atoms with Gasteiger partial charge in [0.2, 0.25) is 11.8 Å². The number of rotatable bonds is 6. The topological polar surface area (TPSA) is 84.2 Å². The van der Waals surface area contributed by atoms with E-state index in [9.17, 15) is 9.59 Å². The van der Waals surface area contributed by atoms with E-state index in [0.29, 0.717) is 13.0 Å². The Morgan fingerprint density at radius 3 is 2.42 bits per heavy atom. The highest BCUT2D eigenvalue weighted by Gasteiger charge is 2.24. The number of hydrogen-bond donors (Lipinski definition) is 3. The predicted octanol–water partition coefficient (Wildman–Crippen LogP) is 0.925. The summed E-state index contributed by atoms with van der Waals surface area (Å²) in [7, 11) is 0. The second-order valence-electron chi connectivity index (χ2n) is 6.36. The molecular formula is C14H27N3O2. The third kappa shape index (κ3) is 6.57. The Labute approximate surface area is 115 Å². The molecule has 4 N–H and O–H groups in total. The molecule has 5 heteroatoms. The van der Waals surface area contributed by atoms with Gasteiger partial charge in [-0.05, 0) is 33.6 Å². The van der Waals surface area contributed by atoms with Crippen LogP contribution in [0.5, 0.6) is 0 Å². The van der Waals surface area contributed by atoms with Crippen LogP contribution < -0.4 is 16.4 Å². The number of carbonyl (C=O) groups excluding carboxylic acids is 2. The third-order valence-corrected chi connectivity index (χ3v) is 3.35. The van der Waals surface area contributed by atoms with Crippen LogP contribution in [0.25, 0.3) is 0 Å². The molecule has 0 saturated heterocycles. The third-order valence-electron chi connectivity index (χ3n) is 3.35. The van der Waals surface area contributed by atoms with Crippen molar-refractivity contribution >= 4 is 11.8 Å². The molecule has 1 aliphatic carbocycles. The minimum Gasteiger partial charge on any atom is -0.354 e. The minimum absolute atomic E-state index is 0.0715. The van der Waals surface area contributed by atoms with Crippen LogP contribution in [-0.4, -0.2) is 29.9 Å². The van der Waals surface area contributed by atoms with Crippen LogP contribution in [-0.2, 0) is 9.59 Å². The fraction of sp³-hybridized carbons (Fsp3) is 0.857. The highest BCUT2D eigenvalue weighted by molar-refractivity contribution is 5.81. The predicted molar refractivity (Wildman–Crippen MR) is 75.5 cm³/mol. The van der Waals surface area contributed by atoms with Crippen LogP contribution >= 0.6 is 0 Å². The molecule has 1 rings (SSSR count). The molecule has 1 saturated carbocycles. The van der Waals surface area contributed by atoms with E-state index < -0.39 is 5.54 Å². The van der Waals surface area contributed by atoms with Gasteiger partial charge < -0.3 is 16.4 Å². The molecule has 19 heavy (non-hydrogen) atoms. The van der Waals surface area contributed by atoms with Gasteiger partial charge in [-0.15, -0.1) is 0 Å². The lowest BCUT2D eigenvalue weighted by Gasteiger charge is -2.20. The average molecular weight is 269 g/mol. The molecule has 110 valence electrons. The van der Waals surface area contributed by atoms with E-state index >= 15 is 0 Å². The Morgan fingerprint density at radius 2 is 1.89 bits per heavy atom. The van der Waals surface area contributed by atoms with E-state index in [1.165, 1.54) is 0 Å². The van der Waals surface area contributed by atoms with Gasteiger partial charge in [-0.2, -0.15) is 0 Å². The molecule has 0 aliphatic heterocycles. The lowest BCUT2D eigenvalue weighted by atomic mass is 10.1. The Balaban J connectivity index is 2.24. The fourth-order valence-electron chi connectivity index (χ4n) is 2.28. The van der Waals surface area contributed by atoms with Gasteiger partial charge in [-0.25, -0.2) is 0 Å². The summed E-state index contributed by atoms with van der Waals surface area (Å²) >= 11 is 0. The molecule has 0 radical (unpaired) electrons. The van der Waals surface area contributed by atoms with Gasteiger partial charge in [-0.1, -0.05) is 12.8 Å². The second kappa shape index (κ2) is 6.89. The van der Waals surface area contributed by atoms with Crippen molar-refractivity contribution in [2.75, 3.05) is 6.54 Å². The largest absolute Gasteiger partial charge is 0.354 e. The highest BCUT2D eigenvalue weighted by Crippen LogP contribution is 2.24. The molecule has 0 aromatic heterocycles. The van der Waals surface area contributed by atoms with Crippen LogP contribution in [0.15, 0.2) is 0 Å². The van der Waals surface area contributed by atoms with Crippen molar-refractivity contribution in [2.24, 2.45) is 11.7 Å². The van der Waals surface area contributed by atoms with E-state index in [2.05, 4.69) is 10.6 Å². The lowest BCUT2D eigenvalue weighted by Crippen LogP contribution is -2.46. The molecule has 0 aromatic carbocycles. The number of hydrogen-bond acceptors (Lipinski definition) is 3. The van der Waals surface area contributed by atoms with Gasteiger partial charge in [0.05, 0.1) is 0 Å². The zero-order valence-corrected chi connectivity index (χ0v) is 12.3. The smallest absolute Gasteiger partial charge is 0.223 e. The molecule has 0 heterocycles. The van der Waals surface area contributed by atoms with Crippen molar-refractivity contribution in [1.82, 2.24) is 10.6 Å². The molecule has 0 aromatic rings. The summed E-state index contributed by atoms with van der Waals surface area (Å²) in [5.74, 6) is 0.170. The first-order chi connectivity index (χ1) is 8.78. The van der Waals surface area contributed by atoms with Crippen LogP contribution in [0.2, 0.25) is 0 Å². The summed E-state index contributed by atoms with van der Waals surface area (Å²) in [5, 5.41) is 5.70. The van der Waals surface area contributed by atoms with Gasteiger partial charge in [0, 0.05) is 30.5 Å². The molecule has 5 nitrogen and oxygen atoms in total. The van der Waals surface area contributed by atoms with E-state index in [1.807, 2.05) is 20.8 Å². The van der Waals surface area contributed by atoms with Crippen molar-refractivity contribution in [3.8, 4) is 0 Å². The van der Waals surface area contributed by atoms with E-state index in [4.69, 9.17) is 5.73 Å². The molecule has 0 bridgehead atoms. The fourth-order valence-corrected chi connectivity index (χ4v) is 2.28. The second-order valence-corrected chi connectivity index (χ2v) is 6.36. The summed E-state index contributed by atoms with van der Waals surface area (Å²) in [6.07, 6.45) is 4.53. The molecule has 2 amide bonds. The standard InChI is InChI=1S/C14H27N3O2/c1-10(8-12(18)16-9-14(2,3)15)17-13(19)11-6-4-5-7-11/h10-11H,4-9,15H2,1-3H3,(H,16,18)(H,17,19). The van der Waals surface area contributed by atoms with Crippen LogP contribution in [0.4, 0.5) is 0 Å². The quantitative estimate of drug-likeness (QED) is 0.670. The van der Waals surface area contributed by atoms with Crippen molar-refractivity contribution in [1.29, 1.82) is 0 Å². The summed E-state index contributed by atoms with van der Waals surface area (Å²) in [6.45, 7) is 6.02. The molecule has 1 atom stereocenters. The van der Waals surface area contributed by atoms with Gasteiger partial charge >= 0.3 is 0 Å². The maximum absolute atomic E-state index is 11.9. The van der Waals surface area contributed by atoms with Crippen molar-refractivity contribution in [3.05, 3.63) is 0 Å². The first kappa shape index (κ1) is 16.0. The summed E-state index contributed by atoms with van der Waals surface area (Å²) in [6, 6.07) is -0.131. The Hall–Kier alpha value is -1.10. The zero-order chi connectivity index (χ0) is 14.5. The Morgan fingerprint density at radius 1 is 1.32 bits per heavy atom. The Bertz CT molecular complexity index is 317. The zero-order valence-electron chi connectivity index (χ0n) is 12.3. The Kier molecular flexibility index (Phi) is 5.79. The van der Waals surface area contributed by atoms with Crippen LogP contribution in [0.1, 0.15) is 52.9 Å². The maximum atomic E-state index is 11.9. The number of nitrogens with one attached hydrogen (secondary N) is 2. The van der Waals surface area contributed by atoms with Crippen molar-refractivity contribution in [3.63, 3.8) is 0 Å². The lowest BCUT2D eigenvalue weighted by molar-refractivity contribution is -0.126. The molecule has 0 spiro atoms. The SMILES string of the molecule is CC(CC(=O)NCC(C)(C)N)NC(=O)C1CCCC1. The number of carbonyl (C=O) groups is 2. The highest BCUT2D eigenvalue weighted by atomic mass is 16.2. The van der Waals surface area contributed by atoms with Gasteiger partial charge in [0.15, 0.2) is 0 Å². The van der Waals surface area contributed by atoms with Crippen molar-refractivity contribution in [2.45, 2.75) is 64.5 Å². The summed E-state index contributed by atoms with van der Waals surface area (Å²) in [4.78, 5) is 23.6. The number of amides is 2. The molecule has 1 fully saturated rings. The number of nitrogens with two attached hydrogens (primary N) is 1. The first-order valence-corrected chi connectivity index (χ1v) is 7.14. The van der Waals surface area contributed by atoms with Crippen LogP contribution in [0.3, 0.4) is 0 Å². The van der Waals surface area contributed by atoms with Crippen molar-refractivity contribution < 1.29 is 9.59 Å². The van der Waals surface area contributed by atoms with Gasteiger partial charge in [0.1, 0.15) is 0 Å². The van der Waals surface area contributed by atoms with Crippen LogP contribution in [0, 0.1) is 5.92 Å².